The molecule has 0 spiro atoms. The normalized spacial score (nSPS) is 11.2. The van der Waals surface area contributed by atoms with Gasteiger partial charge in [0.1, 0.15) is 0 Å². The van der Waals surface area contributed by atoms with E-state index in [2.05, 4.69) is 26.9 Å². The molecule has 0 amide bonds. The van der Waals surface area contributed by atoms with Crippen molar-refractivity contribution < 1.29 is 13.2 Å². The maximum Gasteiger partial charge on any atom is 0.263 e. The van der Waals surface area contributed by atoms with Crippen LogP contribution in [0.3, 0.4) is 0 Å². The van der Waals surface area contributed by atoms with Crippen LogP contribution in [0.5, 0.6) is 0 Å². The highest BCUT2D eigenvalue weighted by Gasteiger charge is 2.15. The number of para-hydroxylation sites is 2. The summed E-state index contributed by atoms with van der Waals surface area (Å²) in [5.74, 6) is 0.159. The summed E-state index contributed by atoms with van der Waals surface area (Å²) in [6.07, 6.45) is 3.33. The van der Waals surface area contributed by atoms with Crippen LogP contribution in [0.1, 0.15) is 19.8 Å². The smallest absolute Gasteiger partial charge is 0.263 e. The Kier molecular flexibility index (Phi) is 6.37. The number of sulfonamides is 1. The molecule has 0 aliphatic heterocycles. The van der Waals surface area contributed by atoms with Gasteiger partial charge in [-0.25, -0.2) is 13.4 Å². The summed E-state index contributed by atoms with van der Waals surface area (Å²) in [6.45, 7) is 2.61. The second-order valence-corrected chi connectivity index (χ2v) is 8.04. The number of fused-ring (bicyclic) bond motifs is 1. The van der Waals surface area contributed by atoms with Crippen molar-refractivity contribution in [3.05, 3.63) is 54.7 Å². The van der Waals surface area contributed by atoms with Gasteiger partial charge in [0.25, 0.3) is 15.2 Å². The van der Waals surface area contributed by atoms with Crippen LogP contribution in [-0.2, 0) is 14.8 Å². The molecular weight excluding hydrogens is 396 g/mol. The van der Waals surface area contributed by atoms with Gasteiger partial charge in [-0.1, -0.05) is 25.5 Å². The fraction of sp³-hybridized carbons (Fsp3) is 0.211. The first-order chi connectivity index (χ1) is 13.5. The van der Waals surface area contributed by atoms with Crippen LogP contribution in [0.4, 0.5) is 11.5 Å². The SMILES string of the molecule is CCCCOC(=S)Nc1ccc(S(=O)(=O)Nc2cnc3ccccc3n2)cc1. The van der Waals surface area contributed by atoms with E-state index >= 15 is 0 Å². The van der Waals surface area contributed by atoms with Crippen molar-refractivity contribution in [1.82, 2.24) is 9.97 Å². The van der Waals surface area contributed by atoms with E-state index in [1.165, 1.54) is 18.3 Å². The molecule has 0 unspecified atom stereocenters. The molecule has 1 aromatic heterocycles. The lowest BCUT2D eigenvalue weighted by Gasteiger charge is -2.11. The van der Waals surface area contributed by atoms with Crippen LogP contribution in [0, 0.1) is 0 Å². The molecule has 0 radical (unpaired) electrons. The number of nitrogens with one attached hydrogen (secondary N) is 2. The summed E-state index contributed by atoms with van der Waals surface area (Å²) in [5.41, 5.74) is 1.95. The molecule has 0 aliphatic rings. The molecule has 0 atom stereocenters. The molecule has 146 valence electrons. The molecule has 3 rings (SSSR count). The van der Waals surface area contributed by atoms with Crippen molar-refractivity contribution in [3.8, 4) is 0 Å². The molecule has 0 fully saturated rings. The molecule has 2 N–H and O–H groups in total. The Bertz CT molecular complexity index is 1070. The minimum absolute atomic E-state index is 0.103. The fourth-order valence-corrected chi connectivity index (χ4v) is 3.57. The predicted molar refractivity (Wildman–Crippen MR) is 114 cm³/mol. The van der Waals surface area contributed by atoms with Gasteiger partial charge < -0.3 is 10.1 Å². The van der Waals surface area contributed by atoms with E-state index in [0.717, 1.165) is 12.8 Å². The third kappa shape index (κ3) is 5.14. The number of ether oxygens (including phenoxy) is 1. The van der Waals surface area contributed by atoms with Gasteiger partial charge >= 0.3 is 0 Å². The lowest BCUT2D eigenvalue weighted by atomic mass is 10.3. The number of rotatable bonds is 7. The third-order valence-corrected chi connectivity index (χ3v) is 5.42. The summed E-state index contributed by atoms with van der Waals surface area (Å²) in [6, 6.07) is 13.4. The van der Waals surface area contributed by atoms with Crippen LogP contribution < -0.4 is 10.0 Å². The molecule has 0 aliphatic carbocycles. The first kappa shape index (κ1) is 20.0. The summed E-state index contributed by atoms with van der Waals surface area (Å²) < 4.78 is 33.0. The Morgan fingerprint density at radius 1 is 1.11 bits per heavy atom. The minimum atomic E-state index is -3.79. The number of hydrogen-bond acceptors (Lipinski definition) is 6. The van der Waals surface area contributed by atoms with Crippen LogP contribution in [0.15, 0.2) is 59.6 Å². The molecular formula is C19H20N4O3S2. The van der Waals surface area contributed by atoms with Gasteiger partial charge in [-0.15, -0.1) is 0 Å². The van der Waals surface area contributed by atoms with Gasteiger partial charge in [0.2, 0.25) is 0 Å². The van der Waals surface area contributed by atoms with Crippen molar-refractivity contribution in [3.63, 3.8) is 0 Å². The van der Waals surface area contributed by atoms with Crippen LogP contribution in [-0.4, -0.2) is 30.2 Å². The Labute approximate surface area is 169 Å². The van der Waals surface area contributed by atoms with Crippen molar-refractivity contribution in [2.24, 2.45) is 0 Å². The highest BCUT2D eigenvalue weighted by molar-refractivity contribution is 7.92. The highest BCUT2D eigenvalue weighted by atomic mass is 32.2. The zero-order chi connectivity index (χ0) is 20.0. The third-order valence-electron chi connectivity index (χ3n) is 3.83. The van der Waals surface area contributed by atoms with E-state index in [9.17, 15) is 8.42 Å². The van der Waals surface area contributed by atoms with Gasteiger partial charge in [0, 0.05) is 5.69 Å². The Balaban J connectivity index is 1.68. The maximum atomic E-state index is 12.6. The molecule has 0 saturated carbocycles. The largest absolute Gasteiger partial charge is 0.471 e. The zero-order valence-electron chi connectivity index (χ0n) is 15.3. The number of unbranched alkanes of at least 4 members (excludes halogenated alkanes) is 1. The van der Waals surface area contributed by atoms with Gasteiger partial charge in [-0.2, -0.15) is 0 Å². The molecule has 0 bridgehead atoms. The highest BCUT2D eigenvalue weighted by Crippen LogP contribution is 2.18. The number of benzene rings is 2. The summed E-state index contributed by atoms with van der Waals surface area (Å²) in [4.78, 5) is 8.59. The predicted octanol–water partition coefficient (Wildman–Crippen LogP) is 3.94. The molecule has 9 heteroatoms. The monoisotopic (exact) mass is 416 g/mol. The van der Waals surface area contributed by atoms with E-state index in [-0.39, 0.29) is 15.9 Å². The van der Waals surface area contributed by atoms with Crippen molar-refractivity contribution in [1.29, 1.82) is 0 Å². The Morgan fingerprint density at radius 3 is 2.54 bits per heavy atom. The minimum Gasteiger partial charge on any atom is -0.471 e. The average Bonchev–Trinajstić information content (AvgIpc) is 2.68. The fourth-order valence-electron chi connectivity index (χ4n) is 2.38. The molecule has 28 heavy (non-hydrogen) atoms. The number of thiocarbonyl (C=S) groups is 1. The second kappa shape index (κ2) is 8.94. The molecule has 0 saturated heterocycles. The van der Waals surface area contributed by atoms with Crippen LogP contribution >= 0.6 is 12.2 Å². The molecule has 2 aromatic carbocycles. The first-order valence-corrected chi connectivity index (χ1v) is 10.7. The van der Waals surface area contributed by atoms with E-state index in [1.807, 2.05) is 18.2 Å². The lowest BCUT2D eigenvalue weighted by molar-refractivity contribution is 0.304. The summed E-state index contributed by atoms with van der Waals surface area (Å²) in [5, 5.41) is 3.18. The zero-order valence-corrected chi connectivity index (χ0v) is 16.9. The van der Waals surface area contributed by atoms with E-state index < -0.39 is 10.0 Å². The van der Waals surface area contributed by atoms with Gasteiger partial charge in [-0.3, -0.25) is 9.71 Å². The number of anilines is 2. The maximum absolute atomic E-state index is 12.6. The van der Waals surface area contributed by atoms with E-state index in [1.54, 1.807) is 18.2 Å². The van der Waals surface area contributed by atoms with Crippen molar-refractivity contribution >= 4 is 50.0 Å². The Hall–Kier alpha value is -2.78. The summed E-state index contributed by atoms with van der Waals surface area (Å²) in [7, 11) is -3.79. The van der Waals surface area contributed by atoms with Gasteiger partial charge in [0.05, 0.1) is 28.7 Å². The average molecular weight is 417 g/mol. The topological polar surface area (TPSA) is 93.2 Å². The second-order valence-electron chi connectivity index (χ2n) is 5.99. The van der Waals surface area contributed by atoms with Crippen molar-refractivity contribution in [2.45, 2.75) is 24.7 Å². The van der Waals surface area contributed by atoms with Crippen molar-refractivity contribution in [2.75, 3.05) is 16.6 Å². The Morgan fingerprint density at radius 2 is 1.82 bits per heavy atom. The first-order valence-electron chi connectivity index (χ1n) is 8.76. The number of nitrogens with zero attached hydrogens (tertiary/aromatic N) is 2. The quantitative estimate of drug-likeness (QED) is 0.445. The van der Waals surface area contributed by atoms with Crippen LogP contribution in [0.2, 0.25) is 0 Å². The number of aromatic nitrogens is 2. The molecule has 3 aromatic rings. The van der Waals surface area contributed by atoms with E-state index in [0.29, 0.717) is 23.3 Å². The van der Waals surface area contributed by atoms with Gasteiger partial charge in [-0.05, 0) is 55.0 Å². The molecule has 7 nitrogen and oxygen atoms in total. The lowest BCUT2D eigenvalue weighted by Crippen LogP contribution is -2.15. The van der Waals surface area contributed by atoms with E-state index in [4.69, 9.17) is 17.0 Å². The number of hydrogen-bond donors (Lipinski definition) is 2. The van der Waals surface area contributed by atoms with Crippen LogP contribution in [0.25, 0.3) is 11.0 Å². The summed E-state index contributed by atoms with van der Waals surface area (Å²) >= 11 is 5.10. The van der Waals surface area contributed by atoms with Gasteiger partial charge in [0.15, 0.2) is 5.82 Å². The molecule has 1 heterocycles. The standard InChI is InChI=1S/C19H20N4O3S2/c1-2-3-12-26-19(27)21-14-8-10-15(11-9-14)28(24,25)23-18-13-20-16-6-4-5-7-17(16)22-18/h4-11,13H,2-3,12H2,1H3,(H,21,27)(H,22,23).